The minimum Gasteiger partial charge on any atom is -0.458 e. The van der Waals surface area contributed by atoms with Crippen LogP contribution in [-0.4, -0.2) is 12.1 Å². The molecule has 1 aliphatic carbocycles. The van der Waals surface area contributed by atoms with Crippen LogP contribution < -0.4 is 0 Å². The molecule has 1 saturated heterocycles. The number of fused-ring (bicyclic) bond motifs is 4. The largest absolute Gasteiger partial charge is 0.458 e. The Hall–Kier alpha value is -0.790. The second-order valence-electron chi connectivity index (χ2n) is 4.01. The van der Waals surface area contributed by atoms with Crippen LogP contribution in [-0.2, 0) is 9.53 Å². The molecular weight excluding hydrogens is 152 g/mol. The summed E-state index contributed by atoms with van der Waals surface area (Å²) < 4.78 is 5.27. The summed E-state index contributed by atoms with van der Waals surface area (Å²) in [7, 11) is 0. The Morgan fingerprint density at radius 2 is 2.42 bits per heavy atom. The predicted octanol–water partition coefficient (Wildman–Crippen LogP) is 2.05. The summed E-state index contributed by atoms with van der Waals surface area (Å²) in [6, 6.07) is 0. The van der Waals surface area contributed by atoms with Crippen LogP contribution in [0.2, 0.25) is 0 Å². The number of ether oxygens (including phenoxy) is 1. The van der Waals surface area contributed by atoms with Crippen LogP contribution >= 0.6 is 0 Å². The third-order valence-electron chi connectivity index (χ3n) is 2.95. The molecule has 2 atom stereocenters. The normalized spacial score (nSPS) is 43.1. The SMILES string of the molecule is C[C@]12CC/C=C\[C@H](CC1)OC2=O. The van der Waals surface area contributed by atoms with Crippen molar-refractivity contribution in [2.24, 2.45) is 5.41 Å². The molecule has 2 bridgehead atoms. The van der Waals surface area contributed by atoms with Gasteiger partial charge in [0.15, 0.2) is 0 Å². The molecule has 0 saturated carbocycles. The molecule has 0 aromatic carbocycles. The van der Waals surface area contributed by atoms with Gasteiger partial charge in [0.1, 0.15) is 6.10 Å². The van der Waals surface area contributed by atoms with Gasteiger partial charge in [0.05, 0.1) is 5.41 Å². The first-order valence-electron chi connectivity index (χ1n) is 4.58. The van der Waals surface area contributed by atoms with Gasteiger partial charge in [-0.1, -0.05) is 6.08 Å². The van der Waals surface area contributed by atoms with Crippen LogP contribution in [0.1, 0.15) is 32.6 Å². The minimum atomic E-state index is -0.193. The molecule has 12 heavy (non-hydrogen) atoms. The van der Waals surface area contributed by atoms with Gasteiger partial charge in [0.25, 0.3) is 0 Å². The van der Waals surface area contributed by atoms with Crippen LogP contribution in [0.25, 0.3) is 0 Å². The molecule has 3 rings (SSSR count). The summed E-state index contributed by atoms with van der Waals surface area (Å²) in [5.41, 5.74) is -0.193. The van der Waals surface area contributed by atoms with Gasteiger partial charge in [0.2, 0.25) is 0 Å². The number of carbonyl (C=O) groups excluding carboxylic acids is 1. The molecule has 2 aliphatic heterocycles. The first-order valence-corrected chi connectivity index (χ1v) is 4.58. The molecule has 0 aromatic rings. The van der Waals surface area contributed by atoms with E-state index >= 15 is 0 Å². The highest BCUT2D eigenvalue weighted by molar-refractivity contribution is 5.77. The highest BCUT2D eigenvalue weighted by Gasteiger charge is 2.40. The standard InChI is InChI=1S/C10H14O2/c1-10-6-3-2-4-8(5-7-10)12-9(10)11/h2,4,8H,3,5-7H2,1H3/b4-2-/t8-,10+/m1/s1. The number of hydrogen-bond donors (Lipinski definition) is 0. The Labute approximate surface area is 72.6 Å². The molecule has 0 unspecified atom stereocenters. The van der Waals surface area contributed by atoms with Gasteiger partial charge in [-0.15, -0.1) is 0 Å². The number of allylic oxidation sites excluding steroid dienone is 1. The van der Waals surface area contributed by atoms with Crippen LogP contribution in [0.5, 0.6) is 0 Å². The summed E-state index contributed by atoms with van der Waals surface area (Å²) in [6.45, 7) is 2.02. The third-order valence-corrected chi connectivity index (χ3v) is 2.95. The smallest absolute Gasteiger partial charge is 0.312 e. The highest BCUT2D eigenvalue weighted by atomic mass is 16.5. The maximum Gasteiger partial charge on any atom is 0.312 e. The van der Waals surface area contributed by atoms with E-state index < -0.39 is 0 Å². The molecule has 0 N–H and O–H groups in total. The van der Waals surface area contributed by atoms with E-state index in [0.29, 0.717) is 0 Å². The number of hydrogen-bond acceptors (Lipinski definition) is 2. The highest BCUT2D eigenvalue weighted by Crippen LogP contribution is 2.38. The summed E-state index contributed by atoms with van der Waals surface area (Å²) >= 11 is 0. The molecule has 3 aliphatic rings. The Kier molecular flexibility index (Phi) is 1.71. The predicted molar refractivity (Wildman–Crippen MR) is 45.6 cm³/mol. The molecule has 2 nitrogen and oxygen atoms in total. The van der Waals surface area contributed by atoms with Crippen molar-refractivity contribution in [3.8, 4) is 0 Å². The first kappa shape index (κ1) is 7.84. The van der Waals surface area contributed by atoms with Crippen molar-refractivity contribution in [1.29, 1.82) is 0 Å². The summed E-state index contributed by atoms with van der Waals surface area (Å²) in [5.74, 6) is 0.00287. The molecule has 2 heterocycles. The van der Waals surface area contributed by atoms with Crippen molar-refractivity contribution in [3.63, 3.8) is 0 Å². The molecular formula is C10H14O2. The average Bonchev–Trinajstić information content (AvgIpc) is 2.01. The van der Waals surface area contributed by atoms with E-state index in [9.17, 15) is 4.79 Å². The van der Waals surface area contributed by atoms with E-state index in [2.05, 4.69) is 6.08 Å². The second-order valence-corrected chi connectivity index (χ2v) is 4.01. The molecule has 0 radical (unpaired) electrons. The zero-order valence-corrected chi connectivity index (χ0v) is 7.38. The molecule has 0 amide bonds. The van der Waals surface area contributed by atoms with Crippen molar-refractivity contribution in [3.05, 3.63) is 12.2 Å². The fraction of sp³-hybridized carbons (Fsp3) is 0.700. The lowest BCUT2D eigenvalue weighted by Crippen LogP contribution is -2.39. The lowest BCUT2D eigenvalue weighted by Gasteiger charge is -2.36. The molecule has 0 spiro atoms. The van der Waals surface area contributed by atoms with Gasteiger partial charge in [0, 0.05) is 0 Å². The average molecular weight is 166 g/mol. The summed E-state index contributed by atoms with van der Waals surface area (Å²) in [4.78, 5) is 11.5. The fourth-order valence-corrected chi connectivity index (χ4v) is 1.91. The van der Waals surface area contributed by atoms with Gasteiger partial charge in [-0.2, -0.15) is 0 Å². The summed E-state index contributed by atoms with van der Waals surface area (Å²) in [5, 5.41) is 0. The van der Waals surface area contributed by atoms with Crippen LogP contribution in [0.15, 0.2) is 12.2 Å². The molecule has 1 fully saturated rings. The van der Waals surface area contributed by atoms with Crippen molar-refractivity contribution in [2.75, 3.05) is 0 Å². The zero-order valence-electron chi connectivity index (χ0n) is 7.38. The number of carbonyl (C=O) groups is 1. The van der Waals surface area contributed by atoms with Crippen molar-refractivity contribution in [2.45, 2.75) is 38.7 Å². The second kappa shape index (κ2) is 2.61. The lowest BCUT2D eigenvalue weighted by molar-refractivity contribution is -0.166. The monoisotopic (exact) mass is 166 g/mol. The Balaban J connectivity index is 2.27. The third kappa shape index (κ3) is 1.15. The van der Waals surface area contributed by atoms with Gasteiger partial charge in [-0.3, -0.25) is 4.79 Å². The van der Waals surface area contributed by atoms with E-state index in [1.807, 2.05) is 13.0 Å². The molecule has 0 aromatic heterocycles. The van der Waals surface area contributed by atoms with E-state index in [1.54, 1.807) is 0 Å². The fourth-order valence-electron chi connectivity index (χ4n) is 1.91. The molecule has 66 valence electrons. The molecule has 2 heteroatoms. The van der Waals surface area contributed by atoms with Gasteiger partial charge < -0.3 is 4.74 Å². The Morgan fingerprint density at radius 1 is 1.58 bits per heavy atom. The van der Waals surface area contributed by atoms with Gasteiger partial charge in [-0.25, -0.2) is 0 Å². The van der Waals surface area contributed by atoms with E-state index in [0.717, 1.165) is 25.7 Å². The quantitative estimate of drug-likeness (QED) is 0.406. The van der Waals surface area contributed by atoms with Crippen LogP contribution in [0.4, 0.5) is 0 Å². The lowest BCUT2D eigenvalue weighted by atomic mass is 9.77. The van der Waals surface area contributed by atoms with Crippen molar-refractivity contribution in [1.82, 2.24) is 0 Å². The van der Waals surface area contributed by atoms with Gasteiger partial charge in [-0.05, 0) is 38.7 Å². The Bertz CT molecular complexity index is 232. The maximum atomic E-state index is 11.5. The number of esters is 1. The zero-order chi connectivity index (χ0) is 8.60. The topological polar surface area (TPSA) is 26.3 Å². The summed E-state index contributed by atoms with van der Waals surface area (Å²) in [6.07, 6.45) is 8.16. The van der Waals surface area contributed by atoms with Crippen LogP contribution in [0, 0.1) is 5.41 Å². The number of rotatable bonds is 0. The maximum absolute atomic E-state index is 11.5. The minimum absolute atomic E-state index is 0.00287. The van der Waals surface area contributed by atoms with Crippen molar-refractivity contribution >= 4 is 5.97 Å². The van der Waals surface area contributed by atoms with Crippen LogP contribution in [0.3, 0.4) is 0 Å². The Morgan fingerprint density at radius 3 is 3.17 bits per heavy atom. The van der Waals surface area contributed by atoms with Gasteiger partial charge >= 0.3 is 5.97 Å². The van der Waals surface area contributed by atoms with E-state index in [-0.39, 0.29) is 17.5 Å². The first-order chi connectivity index (χ1) is 5.71. The van der Waals surface area contributed by atoms with E-state index in [4.69, 9.17) is 4.74 Å². The van der Waals surface area contributed by atoms with Crippen molar-refractivity contribution < 1.29 is 9.53 Å². The van der Waals surface area contributed by atoms with E-state index in [1.165, 1.54) is 0 Å².